The Morgan fingerprint density at radius 2 is 1.86 bits per heavy atom. The average Bonchev–Trinajstić information content (AvgIpc) is 2.87. The number of likely N-dealkylation sites (N-methyl/N-ethyl adjacent to an activating group) is 1. The zero-order valence-corrected chi connectivity index (χ0v) is 20.4. The van der Waals surface area contributed by atoms with Gasteiger partial charge in [0.2, 0.25) is 5.91 Å². The Morgan fingerprint density at radius 3 is 2.57 bits per heavy atom. The van der Waals surface area contributed by atoms with Gasteiger partial charge in [-0.3, -0.25) is 9.59 Å². The maximum atomic E-state index is 14.1. The highest BCUT2D eigenvalue weighted by atomic mass is 19.1. The molecule has 0 unspecified atom stereocenters. The quantitative estimate of drug-likeness (QED) is 0.477. The smallest absolute Gasteiger partial charge is 0.263 e. The lowest BCUT2D eigenvalue weighted by atomic mass is 9.87. The summed E-state index contributed by atoms with van der Waals surface area (Å²) in [5.74, 6) is 0.0925. The first-order chi connectivity index (χ1) is 16.9. The minimum absolute atomic E-state index is 0.0160. The first-order valence-corrected chi connectivity index (χ1v) is 12.0. The lowest BCUT2D eigenvalue weighted by Crippen LogP contribution is -2.40. The van der Waals surface area contributed by atoms with Crippen LogP contribution in [-0.4, -0.2) is 41.3 Å². The number of fused-ring (bicyclic) bond motifs is 1. The minimum atomic E-state index is -0.689. The van der Waals surface area contributed by atoms with Crippen LogP contribution in [0.5, 0.6) is 5.75 Å². The molecular formula is C29H31FN2O3. The fraction of sp³-hybridized carbons (Fsp3) is 0.310. The SMILES string of the molecule is CCC(=O)N1CCc2ccc(O[C@H](C)C(=O)N(C)Cc3ccccc3)cc2[C@@H]1c1cccc(F)c1. The Labute approximate surface area is 206 Å². The molecule has 1 aliphatic heterocycles. The molecule has 0 saturated carbocycles. The molecule has 3 aromatic rings. The van der Waals surface area contributed by atoms with E-state index in [0.717, 1.165) is 22.3 Å². The summed E-state index contributed by atoms with van der Waals surface area (Å²) < 4.78 is 20.2. The van der Waals surface area contributed by atoms with Gasteiger partial charge in [-0.2, -0.15) is 0 Å². The lowest BCUT2D eigenvalue weighted by molar-refractivity contribution is -0.137. The van der Waals surface area contributed by atoms with Crippen molar-refractivity contribution in [2.75, 3.05) is 13.6 Å². The molecule has 4 rings (SSSR count). The van der Waals surface area contributed by atoms with Gasteiger partial charge >= 0.3 is 0 Å². The van der Waals surface area contributed by atoms with Crippen LogP contribution in [0.2, 0.25) is 0 Å². The molecule has 5 nitrogen and oxygen atoms in total. The third-order valence-electron chi connectivity index (χ3n) is 6.43. The molecule has 35 heavy (non-hydrogen) atoms. The predicted molar refractivity (Wildman–Crippen MR) is 133 cm³/mol. The molecular weight excluding hydrogens is 443 g/mol. The van der Waals surface area contributed by atoms with Crippen molar-refractivity contribution in [2.24, 2.45) is 0 Å². The van der Waals surface area contributed by atoms with Gasteiger partial charge in [-0.15, -0.1) is 0 Å². The van der Waals surface area contributed by atoms with E-state index in [1.165, 1.54) is 12.1 Å². The summed E-state index contributed by atoms with van der Waals surface area (Å²) in [6.45, 7) is 4.63. The highest BCUT2D eigenvalue weighted by Gasteiger charge is 2.32. The molecule has 1 heterocycles. The summed E-state index contributed by atoms with van der Waals surface area (Å²) in [5.41, 5.74) is 3.75. The van der Waals surface area contributed by atoms with E-state index in [-0.39, 0.29) is 17.6 Å². The van der Waals surface area contributed by atoms with E-state index in [9.17, 15) is 14.0 Å². The van der Waals surface area contributed by atoms with Crippen LogP contribution in [0.25, 0.3) is 0 Å². The zero-order valence-electron chi connectivity index (χ0n) is 20.4. The molecule has 0 aliphatic carbocycles. The van der Waals surface area contributed by atoms with Gasteiger partial charge in [-0.05, 0) is 59.9 Å². The normalized spacial score (nSPS) is 15.8. The third kappa shape index (κ3) is 5.53. The van der Waals surface area contributed by atoms with Crippen molar-refractivity contribution >= 4 is 11.8 Å². The Bertz CT molecular complexity index is 1200. The van der Waals surface area contributed by atoms with Crippen molar-refractivity contribution in [3.63, 3.8) is 0 Å². The third-order valence-corrected chi connectivity index (χ3v) is 6.43. The molecule has 2 amide bonds. The van der Waals surface area contributed by atoms with Gasteiger partial charge in [0.25, 0.3) is 5.91 Å². The number of ether oxygens (including phenoxy) is 1. The van der Waals surface area contributed by atoms with Gasteiger partial charge in [0.05, 0.1) is 6.04 Å². The molecule has 0 radical (unpaired) electrons. The standard InChI is InChI=1S/C29H31FN2O3/c1-4-27(33)32-16-15-22-13-14-25(18-26(22)28(32)23-11-8-12-24(30)17-23)35-20(2)29(34)31(3)19-21-9-6-5-7-10-21/h5-14,17-18,20,28H,4,15-16,19H2,1-3H3/t20-,28+/m1/s1. The van der Waals surface area contributed by atoms with Crippen molar-refractivity contribution in [1.82, 2.24) is 9.80 Å². The monoisotopic (exact) mass is 474 g/mol. The fourth-order valence-electron chi connectivity index (χ4n) is 4.67. The number of halogens is 1. The maximum Gasteiger partial charge on any atom is 0.263 e. The number of hydrogen-bond donors (Lipinski definition) is 0. The van der Waals surface area contributed by atoms with Crippen molar-refractivity contribution in [3.05, 3.63) is 101 Å². The molecule has 0 fully saturated rings. The van der Waals surface area contributed by atoms with E-state index in [0.29, 0.717) is 31.7 Å². The Hall–Kier alpha value is -3.67. The summed E-state index contributed by atoms with van der Waals surface area (Å²) in [6.07, 6.45) is 0.393. The average molecular weight is 475 g/mol. The number of hydrogen-bond acceptors (Lipinski definition) is 3. The topological polar surface area (TPSA) is 49.9 Å². The molecule has 0 N–H and O–H groups in total. The Morgan fingerprint density at radius 1 is 1.09 bits per heavy atom. The van der Waals surface area contributed by atoms with E-state index in [2.05, 4.69) is 0 Å². The lowest BCUT2D eigenvalue weighted by Gasteiger charge is -2.38. The molecule has 2 atom stereocenters. The fourth-order valence-corrected chi connectivity index (χ4v) is 4.67. The Kier molecular flexibility index (Phi) is 7.49. The molecule has 3 aromatic carbocycles. The first-order valence-electron chi connectivity index (χ1n) is 12.0. The van der Waals surface area contributed by atoms with Gasteiger partial charge in [0.1, 0.15) is 11.6 Å². The molecule has 0 aromatic heterocycles. The van der Waals surface area contributed by atoms with Gasteiger partial charge < -0.3 is 14.5 Å². The molecule has 182 valence electrons. The summed E-state index contributed by atoms with van der Waals surface area (Å²) in [5, 5.41) is 0. The molecule has 6 heteroatoms. The number of nitrogens with zero attached hydrogens (tertiary/aromatic N) is 2. The maximum absolute atomic E-state index is 14.1. The van der Waals surface area contributed by atoms with Crippen molar-refractivity contribution in [2.45, 2.75) is 45.4 Å². The highest BCUT2D eigenvalue weighted by molar-refractivity contribution is 5.80. The number of carbonyl (C=O) groups excluding carboxylic acids is 2. The van der Waals surface area contributed by atoms with E-state index in [4.69, 9.17) is 4.74 Å². The molecule has 0 saturated heterocycles. The summed E-state index contributed by atoms with van der Waals surface area (Å²) in [6, 6.07) is 21.5. The van der Waals surface area contributed by atoms with Crippen molar-refractivity contribution in [3.8, 4) is 5.75 Å². The predicted octanol–water partition coefficient (Wildman–Crippen LogP) is 5.14. The number of carbonyl (C=O) groups is 2. The van der Waals surface area contributed by atoms with Crippen LogP contribution in [0.1, 0.15) is 48.6 Å². The number of rotatable bonds is 7. The second-order valence-electron chi connectivity index (χ2n) is 8.95. The Balaban J connectivity index is 1.58. The molecule has 1 aliphatic rings. The summed E-state index contributed by atoms with van der Waals surface area (Å²) in [4.78, 5) is 29.2. The van der Waals surface area contributed by atoms with Crippen LogP contribution in [0.15, 0.2) is 72.8 Å². The van der Waals surface area contributed by atoms with E-state index < -0.39 is 12.1 Å². The van der Waals surface area contributed by atoms with Crippen LogP contribution < -0.4 is 4.74 Å². The van der Waals surface area contributed by atoms with Crippen LogP contribution in [0, 0.1) is 5.82 Å². The largest absolute Gasteiger partial charge is 0.481 e. The van der Waals surface area contributed by atoms with E-state index in [1.54, 1.807) is 24.9 Å². The number of benzene rings is 3. The summed E-state index contributed by atoms with van der Waals surface area (Å²) in [7, 11) is 1.76. The van der Waals surface area contributed by atoms with Crippen molar-refractivity contribution < 1.29 is 18.7 Å². The highest BCUT2D eigenvalue weighted by Crippen LogP contribution is 2.38. The van der Waals surface area contributed by atoms with E-state index in [1.807, 2.05) is 66.4 Å². The second kappa shape index (κ2) is 10.7. The minimum Gasteiger partial charge on any atom is -0.481 e. The number of amides is 2. The first kappa shape index (κ1) is 24.5. The van der Waals surface area contributed by atoms with Gasteiger partial charge in [0.15, 0.2) is 6.10 Å². The van der Waals surface area contributed by atoms with Gasteiger partial charge in [0, 0.05) is 26.6 Å². The molecule has 0 bridgehead atoms. The van der Waals surface area contributed by atoms with Crippen LogP contribution in [0.4, 0.5) is 4.39 Å². The van der Waals surface area contributed by atoms with E-state index >= 15 is 0 Å². The van der Waals surface area contributed by atoms with Crippen molar-refractivity contribution in [1.29, 1.82) is 0 Å². The summed E-state index contributed by atoms with van der Waals surface area (Å²) >= 11 is 0. The van der Waals surface area contributed by atoms with Gasteiger partial charge in [-0.1, -0.05) is 55.5 Å². The second-order valence-corrected chi connectivity index (χ2v) is 8.95. The zero-order chi connectivity index (χ0) is 24.9. The van der Waals surface area contributed by atoms with Crippen LogP contribution in [0.3, 0.4) is 0 Å². The van der Waals surface area contributed by atoms with Gasteiger partial charge in [-0.25, -0.2) is 4.39 Å². The molecule has 0 spiro atoms. The van der Waals surface area contributed by atoms with Crippen LogP contribution >= 0.6 is 0 Å². The van der Waals surface area contributed by atoms with Crippen LogP contribution in [-0.2, 0) is 22.6 Å².